The van der Waals surface area contributed by atoms with Crippen LogP contribution < -0.4 is 10.6 Å². The minimum atomic E-state index is -0.594. The van der Waals surface area contributed by atoms with Gasteiger partial charge in [0, 0.05) is 17.2 Å². The highest BCUT2D eigenvalue weighted by atomic mass is 16.4. The number of fused-ring (bicyclic) bond motifs is 3. The first kappa shape index (κ1) is 19.3. The number of aromatic hydroxyl groups is 2. The third-order valence-corrected chi connectivity index (χ3v) is 6.03. The van der Waals surface area contributed by atoms with Gasteiger partial charge in [-0.1, -0.05) is 24.3 Å². The standard InChI is InChI=1S/C23H20N2O6/c1-10-14(23(30)25-11-6-8-24-9-7-11)17-20(28)15-16(21(29)22(17)31-10)19(27)13-5-3-2-4-12(13)18(15)26/h2-5,11,24,28-29H,6-9H2,1H3,(H,25,30). The summed E-state index contributed by atoms with van der Waals surface area (Å²) in [5, 5.41) is 28.0. The van der Waals surface area contributed by atoms with E-state index in [1.165, 1.54) is 19.1 Å². The van der Waals surface area contributed by atoms with Crippen molar-refractivity contribution in [3.8, 4) is 11.5 Å². The molecule has 4 N–H and O–H groups in total. The number of carbonyl (C=O) groups is 3. The molecule has 8 nitrogen and oxygen atoms in total. The SMILES string of the molecule is Cc1oc2c(O)c3c(c(O)c2c1C(=O)NC1CCNCC1)C(=O)c1ccccc1C3=O. The Morgan fingerprint density at radius 1 is 1.03 bits per heavy atom. The molecule has 1 aromatic heterocycles. The summed E-state index contributed by atoms with van der Waals surface area (Å²) < 4.78 is 5.61. The highest BCUT2D eigenvalue weighted by Crippen LogP contribution is 2.47. The number of benzene rings is 2. The van der Waals surface area contributed by atoms with Crippen molar-refractivity contribution in [2.45, 2.75) is 25.8 Å². The lowest BCUT2D eigenvalue weighted by Gasteiger charge is -2.23. The zero-order chi connectivity index (χ0) is 21.9. The molecular weight excluding hydrogens is 400 g/mol. The van der Waals surface area contributed by atoms with Gasteiger partial charge in [0.25, 0.3) is 5.91 Å². The first-order valence-electron chi connectivity index (χ1n) is 10.1. The van der Waals surface area contributed by atoms with Crippen LogP contribution in [0.5, 0.6) is 11.5 Å². The molecular formula is C23H20N2O6. The Balaban J connectivity index is 1.70. The molecule has 0 bridgehead atoms. The first-order valence-corrected chi connectivity index (χ1v) is 10.1. The number of amides is 1. The number of furan rings is 1. The van der Waals surface area contributed by atoms with Crippen LogP contribution in [0.2, 0.25) is 0 Å². The van der Waals surface area contributed by atoms with Gasteiger partial charge < -0.3 is 25.3 Å². The molecule has 0 radical (unpaired) electrons. The first-order chi connectivity index (χ1) is 14.9. The largest absolute Gasteiger partial charge is 0.506 e. The lowest BCUT2D eigenvalue weighted by atomic mass is 9.82. The van der Waals surface area contributed by atoms with E-state index in [2.05, 4.69) is 10.6 Å². The van der Waals surface area contributed by atoms with Crippen molar-refractivity contribution in [1.29, 1.82) is 0 Å². The number of hydrogen-bond acceptors (Lipinski definition) is 7. The molecule has 0 spiro atoms. The predicted octanol–water partition coefficient (Wildman–Crippen LogP) is 2.41. The third kappa shape index (κ3) is 2.75. The topological polar surface area (TPSA) is 129 Å². The Bertz CT molecular complexity index is 1280. The maximum absolute atomic E-state index is 13.1. The second-order valence-electron chi connectivity index (χ2n) is 7.89. The molecule has 1 amide bonds. The highest BCUT2D eigenvalue weighted by Gasteiger charge is 2.39. The Morgan fingerprint density at radius 2 is 1.61 bits per heavy atom. The van der Waals surface area contributed by atoms with E-state index in [9.17, 15) is 24.6 Å². The smallest absolute Gasteiger partial charge is 0.255 e. The van der Waals surface area contributed by atoms with E-state index in [-0.39, 0.29) is 50.6 Å². The van der Waals surface area contributed by atoms with E-state index in [1.807, 2.05) is 0 Å². The van der Waals surface area contributed by atoms with Crippen LogP contribution in [0.4, 0.5) is 0 Å². The second-order valence-corrected chi connectivity index (χ2v) is 7.89. The average molecular weight is 420 g/mol. The van der Waals surface area contributed by atoms with Crippen molar-refractivity contribution < 1.29 is 29.0 Å². The average Bonchev–Trinajstić information content (AvgIpc) is 3.13. The molecule has 8 heteroatoms. The summed E-state index contributed by atoms with van der Waals surface area (Å²) in [5.41, 5.74) is -0.498. The molecule has 0 unspecified atom stereocenters. The second kappa shape index (κ2) is 6.95. The monoisotopic (exact) mass is 420 g/mol. The minimum absolute atomic E-state index is 0.0402. The summed E-state index contributed by atoms with van der Waals surface area (Å²) >= 11 is 0. The fraction of sp³-hybridized carbons (Fsp3) is 0.261. The quantitative estimate of drug-likeness (QED) is 0.367. The van der Waals surface area contributed by atoms with Gasteiger partial charge in [0.2, 0.25) is 0 Å². The summed E-state index contributed by atoms with van der Waals surface area (Å²) in [7, 11) is 0. The molecule has 158 valence electrons. The zero-order valence-electron chi connectivity index (χ0n) is 16.7. The van der Waals surface area contributed by atoms with E-state index in [0.29, 0.717) is 0 Å². The Labute approximate surface area is 176 Å². The summed E-state index contributed by atoms with van der Waals surface area (Å²) in [6, 6.07) is 6.17. The molecule has 1 fully saturated rings. The van der Waals surface area contributed by atoms with Gasteiger partial charge in [0.15, 0.2) is 22.9 Å². The Kier molecular flexibility index (Phi) is 4.33. The number of piperidine rings is 1. The molecule has 0 saturated carbocycles. The van der Waals surface area contributed by atoms with Gasteiger partial charge in [-0.15, -0.1) is 0 Å². The molecule has 1 aliphatic heterocycles. The number of phenolic OH excluding ortho intramolecular Hbond substituents is 2. The van der Waals surface area contributed by atoms with Crippen LogP contribution >= 0.6 is 0 Å². The fourth-order valence-electron chi connectivity index (χ4n) is 4.50. The van der Waals surface area contributed by atoms with E-state index in [0.717, 1.165) is 25.9 Å². The minimum Gasteiger partial charge on any atom is -0.506 e. The van der Waals surface area contributed by atoms with Gasteiger partial charge in [0.1, 0.15) is 11.5 Å². The van der Waals surface area contributed by atoms with Crippen molar-refractivity contribution in [3.63, 3.8) is 0 Å². The van der Waals surface area contributed by atoms with Crippen LogP contribution in [-0.4, -0.2) is 46.8 Å². The molecule has 2 aliphatic rings. The van der Waals surface area contributed by atoms with Gasteiger partial charge in [-0.3, -0.25) is 14.4 Å². The normalized spacial score (nSPS) is 16.3. The van der Waals surface area contributed by atoms with Gasteiger partial charge >= 0.3 is 0 Å². The van der Waals surface area contributed by atoms with Crippen LogP contribution in [0.1, 0.15) is 60.8 Å². The molecule has 2 heterocycles. The van der Waals surface area contributed by atoms with Crippen molar-refractivity contribution in [1.82, 2.24) is 10.6 Å². The van der Waals surface area contributed by atoms with Crippen LogP contribution in [-0.2, 0) is 0 Å². The summed E-state index contributed by atoms with van der Waals surface area (Å²) in [6.45, 7) is 3.10. The van der Waals surface area contributed by atoms with Crippen LogP contribution in [0.25, 0.3) is 11.0 Å². The summed E-state index contributed by atoms with van der Waals surface area (Å²) in [6.07, 6.45) is 1.52. The van der Waals surface area contributed by atoms with E-state index in [1.54, 1.807) is 12.1 Å². The van der Waals surface area contributed by atoms with Gasteiger partial charge in [0.05, 0.1) is 22.1 Å². The summed E-state index contributed by atoms with van der Waals surface area (Å²) in [4.78, 5) is 39.2. The van der Waals surface area contributed by atoms with Gasteiger partial charge in [-0.2, -0.15) is 0 Å². The molecule has 5 rings (SSSR count). The third-order valence-electron chi connectivity index (χ3n) is 6.03. The van der Waals surface area contributed by atoms with E-state index in [4.69, 9.17) is 4.42 Å². The molecule has 31 heavy (non-hydrogen) atoms. The lowest BCUT2D eigenvalue weighted by molar-refractivity contribution is 0.0928. The number of nitrogens with one attached hydrogen (secondary N) is 2. The van der Waals surface area contributed by atoms with Gasteiger partial charge in [-0.05, 0) is 32.9 Å². The fourth-order valence-corrected chi connectivity index (χ4v) is 4.50. The zero-order valence-corrected chi connectivity index (χ0v) is 16.7. The predicted molar refractivity (Wildman–Crippen MR) is 111 cm³/mol. The van der Waals surface area contributed by atoms with Crippen molar-refractivity contribution >= 4 is 28.4 Å². The van der Waals surface area contributed by atoms with Crippen LogP contribution in [0.15, 0.2) is 28.7 Å². The van der Waals surface area contributed by atoms with Crippen molar-refractivity contribution in [2.24, 2.45) is 0 Å². The van der Waals surface area contributed by atoms with Crippen molar-refractivity contribution in [2.75, 3.05) is 13.1 Å². The van der Waals surface area contributed by atoms with Gasteiger partial charge in [-0.25, -0.2) is 0 Å². The maximum Gasteiger partial charge on any atom is 0.255 e. The molecule has 1 aliphatic carbocycles. The Hall–Kier alpha value is -3.65. The number of hydrogen-bond donors (Lipinski definition) is 4. The van der Waals surface area contributed by atoms with E-state index < -0.39 is 29.0 Å². The number of aryl methyl sites for hydroxylation is 1. The molecule has 1 saturated heterocycles. The lowest BCUT2D eigenvalue weighted by Crippen LogP contribution is -2.42. The van der Waals surface area contributed by atoms with E-state index >= 15 is 0 Å². The molecule has 3 aromatic rings. The Morgan fingerprint density at radius 3 is 2.23 bits per heavy atom. The van der Waals surface area contributed by atoms with Crippen molar-refractivity contribution in [3.05, 3.63) is 57.8 Å². The number of phenols is 2. The number of carbonyl (C=O) groups excluding carboxylic acids is 3. The molecule has 0 atom stereocenters. The number of rotatable bonds is 2. The number of ketones is 2. The molecule has 2 aromatic carbocycles. The highest BCUT2D eigenvalue weighted by molar-refractivity contribution is 6.33. The van der Waals surface area contributed by atoms with Crippen LogP contribution in [0.3, 0.4) is 0 Å². The van der Waals surface area contributed by atoms with Crippen LogP contribution in [0, 0.1) is 6.92 Å². The maximum atomic E-state index is 13.1. The summed E-state index contributed by atoms with van der Waals surface area (Å²) in [5.74, 6) is -2.57.